The standard InChI is InChI=1S/C38H34IN3O4S/c1-23(2)27-15-17-28(18-16-27)34-33(36(43)41-29-13-9-6-10-14-29)24(3)40-38-42(34)37(44)32(47-38)21-26-19-30(39)35(31(20-26)45-4)46-22-25-11-7-5-8-12-25/h5-21,23,34H,22H2,1-4H3,(H,41,43)/b32-21-. The maximum atomic E-state index is 14.2. The molecule has 1 unspecified atom stereocenters. The largest absolute Gasteiger partial charge is 0.493 e. The van der Waals surface area contributed by atoms with Gasteiger partial charge in [0.25, 0.3) is 11.5 Å². The van der Waals surface area contributed by atoms with E-state index in [0.717, 1.165) is 20.3 Å². The minimum absolute atomic E-state index is 0.220. The number of ether oxygens (including phenoxy) is 2. The van der Waals surface area contributed by atoms with E-state index in [-0.39, 0.29) is 11.5 Å². The van der Waals surface area contributed by atoms with E-state index in [1.54, 1.807) is 11.7 Å². The van der Waals surface area contributed by atoms with E-state index < -0.39 is 6.04 Å². The van der Waals surface area contributed by atoms with Crippen LogP contribution in [-0.4, -0.2) is 17.6 Å². The number of hydrogen-bond donors (Lipinski definition) is 1. The van der Waals surface area contributed by atoms with Gasteiger partial charge in [-0.1, -0.05) is 98.0 Å². The highest BCUT2D eigenvalue weighted by atomic mass is 127. The van der Waals surface area contributed by atoms with Crippen molar-refractivity contribution in [1.82, 2.24) is 4.57 Å². The second kappa shape index (κ2) is 14.1. The third-order valence-electron chi connectivity index (χ3n) is 7.99. The molecule has 0 saturated heterocycles. The first-order valence-corrected chi connectivity index (χ1v) is 17.2. The summed E-state index contributed by atoms with van der Waals surface area (Å²) in [7, 11) is 1.60. The molecule has 238 valence electrons. The zero-order valence-electron chi connectivity index (χ0n) is 26.5. The molecular formula is C38H34IN3O4S. The molecule has 1 aliphatic rings. The van der Waals surface area contributed by atoms with Gasteiger partial charge in [-0.05, 0) is 88.0 Å². The van der Waals surface area contributed by atoms with Crippen molar-refractivity contribution in [3.05, 3.63) is 154 Å². The van der Waals surface area contributed by atoms with Crippen LogP contribution in [-0.2, 0) is 11.4 Å². The van der Waals surface area contributed by atoms with Crippen molar-refractivity contribution in [2.45, 2.75) is 39.3 Å². The molecule has 7 nitrogen and oxygen atoms in total. The van der Waals surface area contributed by atoms with Crippen molar-refractivity contribution in [3.63, 3.8) is 0 Å². The molecule has 47 heavy (non-hydrogen) atoms. The predicted octanol–water partition coefficient (Wildman–Crippen LogP) is 7.19. The van der Waals surface area contributed by atoms with Gasteiger partial charge in [-0.3, -0.25) is 14.2 Å². The summed E-state index contributed by atoms with van der Waals surface area (Å²) >= 11 is 3.53. The highest BCUT2D eigenvalue weighted by Gasteiger charge is 2.32. The number of fused-ring (bicyclic) bond motifs is 1. The third kappa shape index (κ3) is 6.96. The van der Waals surface area contributed by atoms with Gasteiger partial charge in [0.1, 0.15) is 6.61 Å². The van der Waals surface area contributed by atoms with Crippen molar-refractivity contribution < 1.29 is 14.3 Å². The molecule has 0 spiro atoms. The summed E-state index contributed by atoms with van der Waals surface area (Å²) in [6.45, 7) is 6.51. The molecule has 0 aliphatic carbocycles. The second-order valence-corrected chi connectivity index (χ2v) is 13.7. The summed E-state index contributed by atoms with van der Waals surface area (Å²) in [6.07, 6.45) is 1.84. The summed E-state index contributed by atoms with van der Waals surface area (Å²) in [6, 6.07) is 30.6. The molecule has 1 amide bonds. The molecule has 2 heterocycles. The van der Waals surface area contributed by atoms with E-state index in [1.807, 2.05) is 97.9 Å². The summed E-state index contributed by atoms with van der Waals surface area (Å²) in [5.41, 5.74) is 5.31. The minimum atomic E-state index is -0.651. The number of allylic oxidation sites excluding steroid dienone is 1. The highest BCUT2D eigenvalue weighted by molar-refractivity contribution is 14.1. The topological polar surface area (TPSA) is 81.9 Å². The zero-order valence-corrected chi connectivity index (χ0v) is 29.5. The predicted molar refractivity (Wildman–Crippen MR) is 196 cm³/mol. The molecule has 0 radical (unpaired) electrons. The number of nitrogens with zero attached hydrogens (tertiary/aromatic N) is 2. The maximum Gasteiger partial charge on any atom is 0.271 e. The third-order valence-corrected chi connectivity index (χ3v) is 9.78. The number of methoxy groups -OCH3 is 1. The van der Waals surface area contributed by atoms with E-state index in [9.17, 15) is 9.59 Å². The summed E-state index contributed by atoms with van der Waals surface area (Å²) < 4.78 is 14.9. The fourth-order valence-corrected chi connectivity index (χ4v) is 7.38. The van der Waals surface area contributed by atoms with Gasteiger partial charge in [0.2, 0.25) is 0 Å². The number of hydrogen-bond acceptors (Lipinski definition) is 6. The summed E-state index contributed by atoms with van der Waals surface area (Å²) in [5.74, 6) is 1.27. The van der Waals surface area contributed by atoms with Gasteiger partial charge in [-0.25, -0.2) is 4.99 Å². The Bertz CT molecular complexity index is 2140. The van der Waals surface area contributed by atoms with Crippen LogP contribution >= 0.6 is 33.9 Å². The molecule has 0 bridgehead atoms. The molecule has 5 aromatic rings. The Kier molecular flexibility index (Phi) is 9.74. The van der Waals surface area contributed by atoms with Crippen LogP contribution in [0.15, 0.2) is 118 Å². The van der Waals surface area contributed by atoms with Crippen molar-refractivity contribution >= 4 is 51.6 Å². The lowest BCUT2D eigenvalue weighted by Crippen LogP contribution is -2.40. The maximum absolute atomic E-state index is 14.2. The van der Waals surface area contributed by atoms with Crippen molar-refractivity contribution in [2.75, 3.05) is 12.4 Å². The molecule has 0 saturated carbocycles. The number of carbonyl (C=O) groups excluding carboxylic acids is 1. The normalized spacial score (nSPS) is 14.5. The minimum Gasteiger partial charge on any atom is -0.493 e. The monoisotopic (exact) mass is 755 g/mol. The Morgan fingerprint density at radius 2 is 1.70 bits per heavy atom. The molecule has 1 aromatic heterocycles. The Morgan fingerprint density at radius 3 is 2.36 bits per heavy atom. The molecule has 0 fully saturated rings. The lowest BCUT2D eigenvalue weighted by molar-refractivity contribution is -0.113. The van der Waals surface area contributed by atoms with Crippen LogP contribution in [0.25, 0.3) is 6.08 Å². The molecule has 1 atom stereocenters. The molecule has 6 rings (SSSR count). The number of rotatable bonds is 9. The van der Waals surface area contributed by atoms with Crippen molar-refractivity contribution in [3.8, 4) is 11.5 Å². The number of nitrogens with one attached hydrogen (secondary N) is 1. The van der Waals surface area contributed by atoms with E-state index in [4.69, 9.17) is 14.5 Å². The van der Waals surface area contributed by atoms with Crippen LogP contribution < -0.4 is 29.7 Å². The number of anilines is 1. The number of thiazole rings is 1. The average molecular weight is 756 g/mol. The Hall–Kier alpha value is -4.48. The summed E-state index contributed by atoms with van der Waals surface area (Å²) in [4.78, 5) is 33.4. The number of carbonyl (C=O) groups is 1. The average Bonchev–Trinajstić information content (AvgIpc) is 3.37. The smallest absolute Gasteiger partial charge is 0.271 e. The molecule has 1 aliphatic heterocycles. The quantitative estimate of drug-likeness (QED) is 0.162. The lowest BCUT2D eigenvalue weighted by atomic mass is 9.93. The number of aromatic nitrogens is 1. The SMILES string of the molecule is COc1cc(/C=c2\sc3n(c2=O)C(c2ccc(C(C)C)cc2)C(C(=O)Nc2ccccc2)=C(C)N=3)cc(I)c1OCc1ccccc1. The summed E-state index contributed by atoms with van der Waals surface area (Å²) in [5, 5.41) is 3.01. The Morgan fingerprint density at radius 1 is 1.02 bits per heavy atom. The van der Waals surface area contributed by atoms with Crippen LogP contribution in [0.2, 0.25) is 0 Å². The first-order chi connectivity index (χ1) is 22.7. The van der Waals surface area contributed by atoms with Crippen molar-refractivity contribution in [2.24, 2.45) is 4.99 Å². The van der Waals surface area contributed by atoms with Crippen LogP contribution in [0.4, 0.5) is 5.69 Å². The Labute approximate surface area is 291 Å². The van der Waals surface area contributed by atoms with Gasteiger partial charge in [0.15, 0.2) is 16.3 Å². The Balaban J connectivity index is 1.42. The van der Waals surface area contributed by atoms with E-state index in [0.29, 0.717) is 50.3 Å². The van der Waals surface area contributed by atoms with Crippen LogP contribution in [0.1, 0.15) is 55.0 Å². The number of para-hydroxylation sites is 1. The lowest BCUT2D eigenvalue weighted by Gasteiger charge is -2.25. The van der Waals surface area contributed by atoms with E-state index in [2.05, 4.69) is 53.9 Å². The fourth-order valence-electron chi connectivity index (χ4n) is 5.55. The van der Waals surface area contributed by atoms with Gasteiger partial charge in [0.05, 0.1) is 32.5 Å². The first-order valence-electron chi connectivity index (χ1n) is 15.3. The first kappa shape index (κ1) is 32.5. The van der Waals surface area contributed by atoms with Gasteiger partial charge in [-0.2, -0.15) is 0 Å². The van der Waals surface area contributed by atoms with Crippen molar-refractivity contribution in [1.29, 1.82) is 0 Å². The van der Waals surface area contributed by atoms with Crippen LogP contribution in [0, 0.1) is 3.57 Å². The second-order valence-electron chi connectivity index (χ2n) is 11.5. The fraction of sp³-hybridized carbons (Fsp3) is 0.184. The number of benzene rings is 4. The number of halogens is 1. The molecular weight excluding hydrogens is 721 g/mol. The van der Waals surface area contributed by atoms with E-state index in [1.165, 1.54) is 16.9 Å². The van der Waals surface area contributed by atoms with Gasteiger partial charge < -0.3 is 14.8 Å². The zero-order chi connectivity index (χ0) is 33.1. The number of amides is 1. The molecule has 9 heteroatoms. The molecule has 4 aromatic carbocycles. The van der Waals surface area contributed by atoms with Gasteiger partial charge >= 0.3 is 0 Å². The van der Waals surface area contributed by atoms with Gasteiger partial charge in [0, 0.05) is 5.69 Å². The highest BCUT2D eigenvalue weighted by Crippen LogP contribution is 2.35. The molecule has 1 N–H and O–H groups in total. The van der Waals surface area contributed by atoms with Crippen LogP contribution in [0.3, 0.4) is 0 Å². The van der Waals surface area contributed by atoms with Gasteiger partial charge in [-0.15, -0.1) is 0 Å². The van der Waals surface area contributed by atoms with Crippen LogP contribution in [0.5, 0.6) is 11.5 Å². The van der Waals surface area contributed by atoms with E-state index >= 15 is 0 Å².